The summed E-state index contributed by atoms with van der Waals surface area (Å²) < 4.78 is 9.51. The Balaban J connectivity index is 1.61. The van der Waals surface area contributed by atoms with Gasteiger partial charge in [0.25, 0.3) is 5.91 Å². The van der Waals surface area contributed by atoms with Crippen LogP contribution in [0.1, 0.15) is 46.2 Å². The van der Waals surface area contributed by atoms with Crippen molar-refractivity contribution in [1.29, 1.82) is 0 Å². The molecule has 0 aromatic heterocycles. The first kappa shape index (κ1) is 24.1. The van der Waals surface area contributed by atoms with Crippen molar-refractivity contribution in [3.05, 3.63) is 35.9 Å². The zero-order valence-electron chi connectivity index (χ0n) is 18.9. The van der Waals surface area contributed by atoms with E-state index in [1.165, 1.54) is 16.7 Å². The van der Waals surface area contributed by atoms with Gasteiger partial charge in [-0.25, -0.2) is 4.79 Å². The molecule has 32 heavy (non-hydrogen) atoms. The van der Waals surface area contributed by atoms with Crippen molar-refractivity contribution in [2.45, 2.75) is 62.9 Å². The maximum Gasteiger partial charge on any atom is 0.333 e. The Morgan fingerprint density at radius 2 is 1.81 bits per heavy atom. The molecule has 10 heteroatoms. The van der Waals surface area contributed by atoms with Gasteiger partial charge < -0.3 is 25.4 Å². The molecule has 9 nitrogen and oxygen atoms in total. The molecule has 1 aromatic rings. The highest BCUT2D eigenvalue weighted by Crippen LogP contribution is 2.51. The number of hydrogen-bond donors (Lipinski definition) is 2. The second-order valence-corrected chi connectivity index (χ2v) is 11.2. The molecule has 3 rings (SSSR count). The van der Waals surface area contributed by atoms with Gasteiger partial charge in [-0.15, -0.1) is 11.8 Å². The molecule has 4 atom stereocenters. The summed E-state index contributed by atoms with van der Waals surface area (Å²) in [6.07, 6.45) is 0. The average Bonchev–Trinajstić information content (AvgIpc) is 2.98. The highest BCUT2D eigenvalue weighted by atomic mass is 32.2. The van der Waals surface area contributed by atoms with E-state index in [-0.39, 0.29) is 17.2 Å². The largest absolute Gasteiger partial charge is 0.427 e. The predicted molar refractivity (Wildman–Crippen MR) is 117 cm³/mol. The first-order valence-corrected chi connectivity index (χ1v) is 11.2. The first-order chi connectivity index (χ1) is 14.8. The standard InChI is InChI=1S/C22H29N3O6S/c1-21(2,3)20(29)31-11-30-19(28)15-22(4,5)32-18-14(17(27)25(15)18)24-16(26)13(23)12-9-7-6-8-10-12/h6-10,13-15,18H,11,23H2,1-5H3,(H,24,26)/p+1/t13-,14-,15+,18-/m1/s1. The summed E-state index contributed by atoms with van der Waals surface area (Å²) in [5.41, 5.74) is 3.94. The molecule has 2 amide bonds. The normalized spacial score (nSPS) is 24.8. The molecular formula is C22H30N3O6S+. The van der Waals surface area contributed by atoms with Gasteiger partial charge in [-0.1, -0.05) is 30.3 Å². The van der Waals surface area contributed by atoms with Crippen LogP contribution in [0.4, 0.5) is 0 Å². The number of esters is 2. The number of hydrogen-bond acceptors (Lipinski definition) is 7. The fourth-order valence-electron chi connectivity index (χ4n) is 3.65. The number of thioether (sulfide) groups is 1. The van der Waals surface area contributed by atoms with Crippen LogP contribution in [0.2, 0.25) is 0 Å². The number of quaternary nitrogens is 1. The summed E-state index contributed by atoms with van der Waals surface area (Å²) in [5.74, 6) is -1.85. The molecule has 0 radical (unpaired) electrons. The van der Waals surface area contributed by atoms with Crippen molar-refractivity contribution < 1.29 is 34.4 Å². The zero-order valence-corrected chi connectivity index (χ0v) is 19.7. The number of β-lactam (4-membered cyclic amide) rings is 1. The van der Waals surface area contributed by atoms with Gasteiger partial charge in [-0.2, -0.15) is 0 Å². The highest BCUT2D eigenvalue weighted by Gasteiger charge is 2.64. The molecule has 2 aliphatic rings. The lowest BCUT2D eigenvalue weighted by Crippen LogP contribution is -2.72. The van der Waals surface area contributed by atoms with Gasteiger partial charge in [0.05, 0.1) is 5.41 Å². The molecule has 2 fully saturated rings. The van der Waals surface area contributed by atoms with Crippen LogP contribution < -0.4 is 11.1 Å². The van der Waals surface area contributed by atoms with Gasteiger partial charge in [0.2, 0.25) is 12.7 Å². The Labute approximate surface area is 191 Å². The second kappa shape index (κ2) is 8.74. The molecule has 4 N–H and O–H groups in total. The molecule has 1 aromatic carbocycles. The van der Waals surface area contributed by atoms with Crippen LogP contribution in [0.3, 0.4) is 0 Å². The lowest BCUT2D eigenvalue weighted by Gasteiger charge is -2.44. The van der Waals surface area contributed by atoms with Crippen LogP contribution in [0.25, 0.3) is 0 Å². The van der Waals surface area contributed by atoms with E-state index in [9.17, 15) is 19.2 Å². The monoisotopic (exact) mass is 464 g/mol. The molecule has 0 spiro atoms. The van der Waals surface area contributed by atoms with E-state index < -0.39 is 47.0 Å². The maximum absolute atomic E-state index is 12.8. The molecule has 0 unspecified atom stereocenters. The molecule has 2 heterocycles. The van der Waals surface area contributed by atoms with Crippen molar-refractivity contribution in [3.63, 3.8) is 0 Å². The van der Waals surface area contributed by atoms with Gasteiger partial charge in [-0.05, 0) is 34.6 Å². The van der Waals surface area contributed by atoms with Crippen LogP contribution in [0, 0.1) is 5.41 Å². The van der Waals surface area contributed by atoms with E-state index >= 15 is 0 Å². The number of ether oxygens (including phenoxy) is 2. The van der Waals surface area contributed by atoms with Gasteiger partial charge in [-0.3, -0.25) is 14.4 Å². The number of rotatable bonds is 6. The minimum absolute atomic E-state index is 0.352. The molecule has 0 aliphatic carbocycles. The topological polar surface area (TPSA) is 130 Å². The molecule has 174 valence electrons. The van der Waals surface area contributed by atoms with Crippen LogP contribution in [-0.2, 0) is 28.7 Å². The minimum atomic E-state index is -0.851. The van der Waals surface area contributed by atoms with Crippen molar-refractivity contribution in [2.75, 3.05) is 6.79 Å². The van der Waals surface area contributed by atoms with Gasteiger partial charge in [0.1, 0.15) is 17.5 Å². The third-order valence-electron chi connectivity index (χ3n) is 5.48. The lowest BCUT2D eigenvalue weighted by atomic mass is 9.95. The number of nitrogens with one attached hydrogen (secondary N) is 1. The SMILES string of the molecule is CC(C)(C)C(=O)OCOC(=O)[C@@H]1N2C(=O)[C@@H](NC(=O)[C@H]([NH3+])c3ccccc3)[C@H]2SC1(C)C. The molecule has 2 aliphatic heterocycles. The minimum Gasteiger partial charge on any atom is -0.427 e. The lowest BCUT2D eigenvalue weighted by molar-refractivity contribution is -0.409. The summed E-state index contributed by atoms with van der Waals surface area (Å²) in [5, 5.41) is 2.38. The van der Waals surface area contributed by atoms with Gasteiger partial charge in [0.15, 0.2) is 6.04 Å². The fourth-order valence-corrected chi connectivity index (χ4v) is 5.27. The van der Waals surface area contributed by atoms with E-state index in [2.05, 4.69) is 11.1 Å². The molecule has 0 bridgehead atoms. The van der Waals surface area contributed by atoms with Gasteiger partial charge >= 0.3 is 11.9 Å². The van der Waals surface area contributed by atoms with Crippen molar-refractivity contribution >= 4 is 35.5 Å². The van der Waals surface area contributed by atoms with Crippen LogP contribution in [0.15, 0.2) is 30.3 Å². The predicted octanol–water partition coefficient (Wildman–Crippen LogP) is 0.607. The first-order valence-electron chi connectivity index (χ1n) is 10.4. The number of carbonyl (C=O) groups excluding carboxylic acids is 4. The Kier molecular flexibility index (Phi) is 6.57. The third kappa shape index (κ3) is 4.61. The number of benzene rings is 1. The number of fused-ring (bicyclic) bond motifs is 1. The van der Waals surface area contributed by atoms with E-state index in [0.29, 0.717) is 0 Å². The van der Waals surface area contributed by atoms with Crippen LogP contribution >= 0.6 is 11.8 Å². The van der Waals surface area contributed by atoms with Crippen molar-refractivity contribution in [3.8, 4) is 0 Å². The zero-order chi connectivity index (χ0) is 23.8. The second-order valence-electron chi connectivity index (χ2n) is 9.47. The Bertz CT molecular complexity index is 914. The summed E-state index contributed by atoms with van der Waals surface area (Å²) >= 11 is 1.42. The van der Waals surface area contributed by atoms with Crippen molar-refractivity contribution in [1.82, 2.24) is 10.2 Å². The fraction of sp³-hybridized carbons (Fsp3) is 0.545. The average molecular weight is 465 g/mol. The number of nitrogens with zero attached hydrogens (tertiary/aromatic N) is 1. The van der Waals surface area contributed by atoms with Crippen molar-refractivity contribution in [2.24, 2.45) is 5.41 Å². The summed E-state index contributed by atoms with van der Waals surface area (Å²) in [4.78, 5) is 51.5. The van der Waals surface area contributed by atoms with Gasteiger partial charge in [0, 0.05) is 10.3 Å². The van der Waals surface area contributed by atoms with E-state index in [1.54, 1.807) is 32.9 Å². The Morgan fingerprint density at radius 1 is 1.19 bits per heavy atom. The summed E-state index contributed by atoms with van der Waals surface area (Å²) in [6.45, 7) is 8.24. The smallest absolute Gasteiger partial charge is 0.333 e. The van der Waals surface area contributed by atoms with E-state index in [0.717, 1.165) is 5.56 Å². The van der Waals surface area contributed by atoms with Crippen LogP contribution in [-0.4, -0.2) is 57.7 Å². The summed E-state index contributed by atoms with van der Waals surface area (Å²) in [6, 6.07) is 6.85. The van der Waals surface area contributed by atoms with E-state index in [1.807, 2.05) is 32.0 Å². The molecule has 2 saturated heterocycles. The number of amides is 2. The Morgan fingerprint density at radius 3 is 2.41 bits per heavy atom. The quantitative estimate of drug-likeness (QED) is 0.358. The highest BCUT2D eigenvalue weighted by molar-refractivity contribution is 8.01. The van der Waals surface area contributed by atoms with Crippen LogP contribution in [0.5, 0.6) is 0 Å². The number of carbonyl (C=O) groups is 4. The molecular weight excluding hydrogens is 434 g/mol. The maximum atomic E-state index is 12.8. The van der Waals surface area contributed by atoms with E-state index in [4.69, 9.17) is 9.47 Å². The molecule has 0 saturated carbocycles. The summed E-state index contributed by atoms with van der Waals surface area (Å²) in [7, 11) is 0. The Hall–Kier alpha value is -2.59. The third-order valence-corrected chi connectivity index (χ3v) is 7.06.